The number of rotatable bonds is 6. The van der Waals surface area contributed by atoms with Crippen LogP contribution >= 0.6 is 0 Å². The fourth-order valence-corrected chi connectivity index (χ4v) is 2.84. The molecule has 0 unspecified atom stereocenters. The standard InChI is InChI=1S/C19H20F3N3O2/c1-24(2)14-6-9-17-16(10-14)23-18(12-26-3)25(17)11-13-4-7-15(8-5-13)27-19(20,21)22/h4-10H,11-12H2,1-3H3. The molecule has 0 aliphatic carbocycles. The minimum atomic E-state index is -4.70. The molecule has 0 atom stereocenters. The van der Waals surface area contributed by atoms with E-state index in [1.807, 2.05) is 41.8 Å². The van der Waals surface area contributed by atoms with Crippen LogP contribution in [-0.2, 0) is 17.9 Å². The Kier molecular flexibility index (Phi) is 5.27. The summed E-state index contributed by atoms with van der Waals surface area (Å²) in [6.07, 6.45) is -4.70. The van der Waals surface area contributed by atoms with Crippen LogP contribution in [0, 0.1) is 0 Å². The van der Waals surface area contributed by atoms with Crippen LogP contribution < -0.4 is 9.64 Å². The van der Waals surface area contributed by atoms with Crippen LogP contribution in [0.1, 0.15) is 11.4 Å². The lowest BCUT2D eigenvalue weighted by atomic mass is 10.2. The van der Waals surface area contributed by atoms with Gasteiger partial charge in [0.2, 0.25) is 0 Å². The molecule has 1 aromatic heterocycles. The third-order valence-corrected chi connectivity index (χ3v) is 4.10. The summed E-state index contributed by atoms with van der Waals surface area (Å²) in [5.74, 6) is 0.508. The number of aromatic nitrogens is 2. The van der Waals surface area contributed by atoms with E-state index >= 15 is 0 Å². The average molecular weight is 379 g/mol. The number of anilines is 1. The summed E-state index contributed by atoms with van der Waals surface area (Å²) in [6.45, 7) is 0.796. The quantitative estimate of drug-likeness (QED) is 0.644. The number of fused-ring (bicyclic) bond motifs is 1. The highest BCUT2D eigenvalue weighted by Crippen LogP contribution is 2.25. The van der Waals surface area contributed by atoms with Crippen LogP contribution in [0.25, 0.3) is 11.0 Å². The van der Waals surface area contributed by atoms with Gasteiger partial charge in [0, 0.05) is 33.4 Å². The minimum Gasteiger partial charge on any atom is -0.406 e. The highest BCUT2D eigenvalue weighted by atomic mass is 19.4. The first-order valence-corrected chi connectivity index (χ1v) is 8.27. The monoisotopic (exact) mass is 379 g/mol. The Bertz CT molecular complexity index is 918. The van der Waals surface area contributed by atoms with E-state index in [2.05, 4.69) is 9.72 Å². The number of hydrogen-bond donors (Lipinski definition) is 0. The van der Waals surface area contributed by atoms with Crippen molar-refractivity contribution in [1.29, 1.82) is 0 Å². The van der Waals surface area contributed by atoms with Gasteiger partial charge < -0.3 is 18.9 Å². The Morgan fingerprint density at radius 1 is 1.07 bits per heavy atom. The van der Waals surface area contributed by atoms with Gasteiger partial charge in [-0.25, -0.2) is 4.98 Å². The summed E-state index contributed by atoms with van der Waals surface area (Å²) in [7, 11) is 5.51. The number of hydrogen-bond acceptors (Lipinski definition) is 4. The second-order valence-electron chi connectivity index (χ2n) is 6.31. The number of alkyl halides is 3. The summed E-state index contributed by atoms with van der Waals surface area (Å²) in [5, 5.41) is 0. The molecule has 3 rings (SSSR count). The average Bonchev–Trinajstić information content (AvgIpc) is 2.92. The van der Waals surface area contributed by atoms with Gasteiger partial charge in [0.15, 0.2) is 0 Å². The predicted molar refractivity (Wildman–Crippen MR) is 97.0 cm³/mol. The summed E-state index contributed by atoms with van der Waals surface area (Å²) < 4.78 is 48.1. The fourth-order valence-electron chi connectivity index (χ4n) is 2.84. The van der Waals surface area contributed by atoms with Crippen LogP contribution in [-0.4, -0.2) is 37.1 Å². The minimum absolute atomic E-state index is 0.241. The Hall–Kier alpha value is -2.74. The normalized spacial score (nSPS) is 11.8. The number of imidazole rings is 1. The van der Waals surface area contributed by atoms with Crippen LogP contribution in [0.15, 0.2) is 42.5 Å². The van der Waals surface area contributed by atoms with E-state index in [4.69, 9.17) is 4.74 Å². The fraction of sp³-hybridized carbons (Fsp3) is 0.316. The van der Waals surface area contributed by atoms with E-state index in [0.717, 1.165) is 28.1 Å². The number of methoxy groups -OCH3 is 1. The van der Waals surface area contributed by atoms with Gasteiger partial charge in [-0.1, -0.05) is 12.1 Å². The summed E-state index contributed by atoms with van der Waals surface area (Å²) in [4.78, 5) is 6.64. The predicted octanol–water partition coefficient (Wildman–Crippen LogP) is 4.20. The van der Waals surface area contributed by atoms with Crippen molar-refractivity contribution in [3.05, 3.63) is 53.9 Å². The third-order valence-electron chi connectivity index (χ3n) is 4.10. The van der Waals surface area contributed by atoms with Crippen molar-refractivity contribution >= 4 is 16.7 Å². The molecule has 0 bridgehead atoms. The van der Waals surface area contributed by atoms with Crippen LogP contribution in [0.3, 0.4) is 0 Å². The highest BCUT2D eigenvalue weighted by Gasteiger charge is 2.30. The van der Waals surface area contributed by atoms with Gasteiger partial charge in [-0.3, -0.25) is 0 Å². The van der Waals surface area contributed by atoms with Crippen molar-refractivity contribution in [3.63, 3.8) is 0 Å². The van der Waals surface area contributed by atoms with Crippen LogP contribution in [0.2, 0.25) is 0 Å². The van der Waals surface area contributed by atoms with Crippen molar-refractivity contribution in [1.82, 2.24) is 9.55 Å². The number of halogens is 3. The molecule has 0 spiro atoms. The van der Waals surface area contributed by atoms with E-state index in [9.17, 15) is 13.2 Å². The number of nitrogens with zero attached hydrogens (tertiary/aromatic N) is 3. The second kappa shape index (κ2) is 7.48. The van der Waals surface area contributed by atoms with Crippen molar-refractivity contribution in [2.45, 2.75) is 19.5 Å². The lowest BCUT2D eigenvalue weighted by Gasteiger charge is -2.13. The van der Waals surface area contributed by atoms with Crippen molar-refractivity contribution in [2.75, 3.05) is 26.1 Å². The molecule has 3 aromatic rings. The van der Waals surface area contributed by atoms with Gasteiger partial charge in [-0.15, -0.1) is 13.2 Å². The van der Waals surface area contributed by atoms with E-state index in [-0.39, 0.29) is 5.75 Å². The Morgan fingerprint density at radius 2 is 1.78 bits per heavy atom. The molecule has 0 radical (unpaired) electrons. The van der Waals surface area contributed by atoms with E-state index in [1.54, 1.807) is 19.2 Å². The van der Waals surface area contributed by atoms with Crippen molar-refractivity contribution in [3.8, 4) is 5.75 Å². The first kappa shape index (κ1) is 19.0. The largest absolute Gasteiger partial charge is 0.573 e. The molecule has 0 amide bonds. The molecule has 1 heterocycles. The zero-order valence-corrected chi connectivity index (χ0v) is 15.2. The Labute approximate surface area is 154 Å². The molecule has 0 aliphatic rings. The summed E-state index contributed by atoms with van der Waals surface area (Å²) >= 11 is 0. The maximum Gasteiger partial charge on any atom is 0.573 e. The first-order valence-electron chi connectivity index (χ1n) is 8.27. The molecule has 0 saturated carbocycles. The number of ether oxygens (including phenoxy) is 2. The van der Waals surface area contributed by atoms with Gasteiger partial charge >= 0.3 is 6.36 Å². The van der Waals surface area contributed by atoms with E-state index < -0.39 is 6.36 Å². The molecular weight excluding hydrogens is 359 g/mol. The van der Waals surface area contributed by atoms with Crippen LogP contribution in [0.5, 0.6) is 5.75 Å². The van der Waals surface area contributed by atoms with Gasteiger partial charge in [0.05, 0.1) is 11.0 Å². The molecular formula is C19H20F3N3O2. The smallest absolute Gasteiger partial charge is 0.406 e. The maximum atomic E-state index is 12.3. The van der Waals surface area contributed by atoms with Crippen molar-refractivity contribution < 1.29 is 22.6 Å². The Balaban J connectivity index is 1.92. The van der Waals surface area contributed by atoms with E-state index in [0.29, 0.717) is 13.2 Å². The van der Waals surface area contributed by atoms with Gasteiger partial charge in [0.1, 0.15) is 18.2 Å². The lowest BCUT2D eigenvalue weighted by Crippen LogP contribution is -2.17. The zero-order valence-electron chi connectivity index (χ0n) is 15.2. The second-order valence-corrected chi connectivity index (χ2v) is 6.31. The molecule has 27 heavy (non-hydrogen) atoms. The lowest BCUT2D eigenvalue weighted by molar-refractivity contribution is -0.274. The molecule has 8 heteroatoms. The third kappa shape index (κ3) is 4.51. The molecule has 0 saturated heterocycles. The van der Waals surface area contributed by atoms with Gasteiger partial charge in [0.25, 0.3) is 0 Å². The molecule has 0 N–H and O–H groups in total. The highest BCUT2D eigenvalue weighted by molar-refractivity contribution is 5.80. The Morgan fingerprint density at radius 3 is 2.37 bits per heavy atom. The van der Waals surface area contributed by atoms with Gasteiger partial charge in [-0.05, 0) is 35.9 Å². The topological polar surface area (TPSA) is 39.5 Å². The molecule has 2 aromatic carbocycles. The first-order chi connectivity index (χ1) is 12.8. The van der Waals surface area contributed by atoms with Crippen molar-refractivity contribution in [2.24, 2.45) is 0 Å². The summed E-state index contributed by atoms with van der Waals surface area (Å²) in [5.41, 5.74) is 3.64. The van der Waals surface area contributed by atoms with Crippen LogP contribution in [0.4, 0.5) is 18.9 Å². The molecule has 5 nitrogen and oxygen atoms in total. The maximum absolute atomic E-state index is 12.3. The summed E-state index contributed by atoms with van der Waals surface area (Å²) in [6, 6.07) is 11.8. The molecule has 144 valence electrons. The SMILES string of the molecule is COCc1nc2cc(N(C)C)ccc2n1Cc1ccc(OC(F)(F)F)cc1. The number of benzene rings is 2. The molecule has 0 aliphatic heterocycles. The zero-order chi connectivity index (χ0) is 19.6. The molecule has 0 fully saturated rings. The van der Waals surface area contributed by atoms with E-state index in [1.165, 1.54) is 12.1 Å². The van der Waals surface area contributed by atoms with Gasteiger partial charge in [-0.2, -0.15) is 0 Å².